The predicted octanol–water partition coefficient (Wildman–Crippen LogP) is 5.70. The maximum absolute atomic E-state index is 13.2. The number of aromatic nitrogens is 1. The maximum Gasteiger partial charge on any atom is 0.416 e. The van der Waals surface area contributed by atoms with E-state index < -0.39 is 11.7 Å². The molecular weight excluding hydrogens is 405 g/mol. The summed E-state index contributed by atoms with van der Waals surface area (Å²) >= 11 is 0. The van der Waals surface area contributed by atoms with Gasteiger partial charge in [-0.1, -0.05) is 30.3 Å². The molecule has 0 radical (unpaired) electrons. The monoisotopic (exact) mass is 428 g/mol. The second kappa shape index (κ2) is 8.57. The number of rotatable bonds is 4. The molecule has 1 saturated heterocycles. The molecular formula is C24H23F3N2O2. The van der Waals surface area contributed by atoms with Gasteiger partial charge < -0.3 is 9.64 Å². The molecule has 0 saturated carbocycles. The zero-order valence-electron chi connectivity index (χ0n) is 17.2. The lowest BCUT2D eigenvalue weighted by molar-refractivity contribution is -0.148. The molecule has 1 aromatic heterocycles. The number of pyridine rings is 1. The molecule has 3 aromatic rings. The van der Waals surface area contributed by atoms with Crippen molar-refractivity contribution in [1.82, 2.24) is 4.98 Å². The lowest BCUT2D eigenvalue weighted by atomic mass is 9.97. The van der Waals surface area contributed by atoms with Crippen LogP contribution < -0.4 is 4.90 Å². The third kappa shape index (κ3) is 4.50. The van der Waals surface area contributed by atoms with E-state index in [1.807, 2.05) is 24.3 Å². The van der Waals surface area contributed by atoms with Crippen molar-refractivity contribution in [2.45, 2.75) is 25.9 Å². The van der Waals surface area contributed by atoms with Crippen molar-refractivity contribution in [2.24, 2.45) is 5.92 Å². The Bertz CT molecular complexity index is 1090. The number of para-hydroxylation sites is 1. The van der Waals surface area contributed by atoms with E-state index in [2.05, 4.69) is 4.90 Å². The van der Waals surface area contributed by atoms with Crippen LogP contribution in [0.5, 0.6) is 0 Å². The van der Waals surface area contributed by atoms with Crippen molar-refractivity contribution in [3.05, 3.63) is 60.2 Å². The Morgan fingerprint density at radius 3 is 2.55 bits per heavy atom. The van der Waals surface area contributed by atoms with Crippen LogP contribution in [0.25, 0.3) is 22.0 Å². The highest BCUT2D eigenvalue weighted by atomic mass is 19.4. The fourth-order valence-corrected chi connectivity index (χ4v) is 4.01. The maximum atomic E-state index is 13.2. The number of carbonyl (C=O) groups is 1. The van der Waals surface area contributed by atoms with Crippen molar-refractivity contribution in [3.8, 4) is 11.1 Å². The number of ether oxygens (including phenoxy) is 1. The van der Waals surface area contributed by atoms with E-state index in [1.54, 1.807) is 19.1 Å². The van der Waals surface area contributed by atoms with Gasteiger partial charge in [0.1, 0.15) is 5.82 Å². The van der Waals surface area contributed by atoms with Crippen molar-refractivity contribution in [2.75, 3.05) is 24.6 Å². The van der Waals surface area contributed by atoms with Gasteiger partial charge in [0.15, 0.2) is 0 Å². The van der Waals surface area contributed by atoms with Crippen LogP contribution in [-0.4, -0.2) is 30.6 Å². The van der Waals surface area contributed by atoms with Gasteiger partial charge >= 0.3 is 12.1 Å². The van der Waals surface area contributed by atoms with Gasteiger partial charge in [-0.3, -0.25) is 4.79 Å². The highest BCUT2D eigenvalue weighted by Crippen LogP contribution is 2.35. The van der Waals surface area contributed by atoms with Crippen LogP contribution in [0.15, 0.2) is 54.6 Å². The number of hydrogen-bond acceptors (Lipinski definition) is 4. The van der Waals surface area contributed by atoms with E-state index in [9.17, 15) is 18.0 Å². The predicted molar refractivity (Wildman–Crippen MR) is 114 cm³/mol. The van der Waals surface area contributed by atoms with Crippen LogP contribution in [0, 0.1) is 5.92 Å². The number of halogens is 3. The van der Waals surface area contributed by atoms with Crippen molar-refractivity contribution >= 4 is 22.7 Å². The summed E-state index contributed by atoms with van der Waals surface area (Å²) in [6.07, 6.45) is -3.02. The van der Waals surface area contributed by atoms with Gasteiger partial charge in [0.05, 0.1) is 23.6 Å². The Kier molecular flexibility index (Phi) is 5.85. The van der Waals surface area contributed by atoms with E-state index in [0.29, 0.717) is 49.2 Å². The fraction of sp³-hybridized carbons (Fsp3) is 0.333. The molecule has 0 bridgehead atoms. The van der Waals surface area contributed by atoms with Gasteiger partial charge in [-0.2, -0.15) is 13.2 Å². The molecule has 1 aliphatic rings. The SMILES string of the molecule is CCOC(=O)C1CCN(c2ccc3cccc(-c4cccc(C(F)(F)F)c4)c3n2)CC1. The summed E-state index contributed by atoms with van der Waals surface area (Å²) in [7, 11) is 0. The summed E-state index contributed by atoms with van der Waals surface area (Å²) < 4.78 is 44.7. The standard InChI is InChI=1S/C24H23F3N2O2/c1-2-31-23(30)17-11-13-29(14-12-17)21-10-9-16-5-4-8-20(22(16)28-21)18-6-3-7-19(15-18)24(25,26)27/h3-10,15,17H,2,11-14H2,1H3. The second-order valence-electron chi connectivity index (χ2n) is 7.64. The van der Waals surface area contributed by atoms with Gasteiger partial charge in [-0.05, 0) is 49.6 Å². The van der Waals surface area contributed by atoms with Gasteiger partial charge in [-0.15, -0.1) is 0 Å². The summed E-state index contributed by atoms with van der Waals surface area (Å²) in [6.45, 7) is 3.53. The van der Waals surface area contributed by atoms with Crippen LogP contribution in [0.1, 0.15) is 25.3 Å². The summed E-state index contributed by atoms with van der Waals surface area (Å²) in [5.41, 5.74) is 1.11. The highest BCUT2D eigenvalue weighted by Gasteiger charge is 2.30. The van der Waals surface area contributed by atoms with Gasteiger partial charge in [0.25, 0.3) is 0 Å². The highest BCUT2D eigenvalue weighted by molar-refractivity contribution is 5.94. The van der Waals surface area contributed by atoms with Crippen LogP contribution in [0.2, 0.25) is 0 Å². The van der Waals surface area contributed by atoms with E-state index >= 15 is 0 Å². The average molecular weight is 428 g/mol. The van der Waals surface area contributed by atoms with Crippen LogP contribution in [-0.2, 0) is 15.7 Å². The molecule has 1 fully saturated rings. The topological polar surface area (TPSA) is 42.4 Å². The number of fused-ring (bicyclic) bond motifs is 1. The number of anilines is 1. The quantitative estimate of drug-likeness (QED) is 0.500. The average Bonchev–Trinajstić information content (AvgIpc) is 2.78. The van der Waals surface area contributed by atoms with Gasteiger partial charge in [0.2, 0.25) is 0 Å². The molecule has 7 heteroatoms. The van der Waals surface area contributed by atoms with E-state index in [4.69, 9.17) is 9.72 Å². The van der Waals surface area contributed by atoms with Gasteiger partial charge in [-0.25, -0.2) is 4.98 Å². The summed E-state index contributed by atoms with van der Waals surface area (Å²) in [6, 6.07) is 14.7. The minimum atomic E-state index is -4.40. The molecule has 0 atom stereocenters. The van der Waals surface area contributed by atoms with E-state index in [0.717, 1.165) is 23.3 Å². The number of nitrogens with zero attached hydrogens (tertiary/aromatic N) is 2. The molecule has 1 aliphatic heterocycles. The Morgan fingerprint density at radius 1 is 1.10 bits per heavy atom. The minimum Gasteiger partial charge on any atom is -0.466 e. The first-order chi connectivity index (χ1) is 14.9. The number of esters is 1. The number of carbonyl (C=O) groups excluding carboxylic acids is 1. The smallest absolute Gasteiger partial charge is 0.416 e. The number of hydrogen-bond donors (Lipinski definition) is 0. The van der Waals surface area contributed by atoms with E-state index in [1.165, 1.54) is 6.07 Å². The lowest BCUT2D eigenvalue weighted by Crippen LogP contribution is -2.37. The van der Waals surface area contributed by atoms with Crippen LogP contribution in [0.3, 0.4) is 0 Å². The molecule has 0 spiro atoms. The van der Waals surface area contributed by atoms with Crippen molar-refractivity contribution in [3.63, 3.8) is 0 Å². The molecule has 31 heavy (non-hydrogen) atoms. The van der Waals surface area contributed by atoms with Crippen LogP contribution >= 0.6 is 0 Å². The van der Waals surface area contributed by atoms with E-state index in [-0.39, 0.29) is 11.9 Å². The first-order valence-electron chi connectivity index (χ1n) is 10.4. The summed E-state index contributed by atoms with van der Waals surface area (Å²) in [5, 5.41) is 0.861. The fourth-order valence-electron chi connectivity index (χ4n) is 4.01. The van der Waals surface area contributed by atoms with Crippen molar-refractivity contribution < 1.29 is 22.7 Å². The third-order valence-corrected chi connectivity index (χ3v) is 5.65. The van der Waals surface area contributed by atoms with Crippen molar-refractivity contribution in [1.29, 1.82) is 0 Å². The molecule has 0 aliphatic carbocycles. The Hall–Kier alpha value is -3.09. The molecule has 2 heterocycles. The summed E-state index contributed by atoms with van der Waals surface area (Å²) in [5.74, 6) is 0.506. The molecule has 0 amide bonds. The Balaban J connectivity index is 1.64. The van der Waals surface area contributed by atoms with Gasteiger partial charge in [0, 0.05) is 24.0 Å². The first-order valence-corrected chi connectivity index (χ1v) is 10.4. The molecule has 0 N–H and O–H groups in total. The zero-order valence-corrected chi connectivity index (χ0v) is 17.2. The molecule has 4 rings (SSSR count). The second-order valence-corrected chi connectivity index (χ2v) is 7.64. The summed E-state index contributed by atoms with van der Waals surface area (Å²) in [4.78, 5) is 18.9. The number of benzene rings is 2. The first kappa shape index (κ1) is 21.2. The minimum absolute atomic E-state index is 0.0997. The molecule has 0 unspecified atom stereocenters. The number of alkyl halides is 3. The third-order valence-electron chi connectivity index (χ3n) is 5.65. The largest absolute Gasteiger partial charge is 0.466 e. The Labute approximate surface area is 178 Å². The normalized spacial score (nSPS) is 15.3. The zero-order chi connectivity index (χ0) is 22.0. The Morgan fingerprint density at radius 2 is 1.84 bits per heavy atom. The number of piperidine rings is 1. The molecule has 162 valence electrons. The molecule has 2 aromatic carbocycles. The lowest BCUT2D eigenvalue weighted by Gasteiger charge is -2.31. The van der Waals surface area contributed by atoms with Crippen LogP contribution in [0.4, 0.5) is 19.0 Å². The molecule has 4 nitrogen and oxygen atoms in total.